The van der Waals surface area contributed by atoms with E-state index in [1.54, 1.807) is 0 Å². The molecule has 1 saturated carbocycles. The minimum absolute atomic E-state index is 0.519. The molecule has 4 nitrogen and oxygen atoms in total. The van der Waals surface area contributed by atoms with E-state index in [0.29, 0.717) is 29.4 Å². The van der Waals surface area contributed by atoms with Gasteiger partial charge in [0.05, 0.1) is 5.57 Å². The first-order chi connectivity index (χ1) is 9.74. The molecule has 4 unspecified atom stereocenters. The lowest BCUT2D eigenvalue weighted by atomic mass is 9.64. The molecule has 1 saturated heterocycles. The van der Waals surface area contributed by atoms with Crippen molar-refractivity contribution in [1.82, 2.24) is 10.9 Å². The molecule has 20 heavy (non-hydrogen) atoms. The smallest absolute Gasteiger partial charge is 0.335 e. The van der Waals surface area contributed by atoms with Gasteiger partial charge < -0.3 is 5.11 Å². The molecule has 4 heteroatoms. The number of rotatable bonds is 1. The van der Waals surface area contributed by atoms with Gasteiger partial charge in [-0.15, -0.1) is 0 Å². The summed E-state index contributed by atoms with van der Waals surface area (Å²) in [6, 6.07) is 0.584. The monoisotopic (exact) mass is 272 g/mol. The summed E-state index contributed by atoms with van der Waals surface area (Å²) in [6.45, 7) is 1.04. The van der Waals surface area contributed by atoms with Crippen molar-refractivity contribution >= 4 is 5.97 Å². The summed E-state index contributed by atoms with van der Waals surface area (Å²) in [5, 5.41) is 9.37. The number of hydrogen-bond acceptors (Lipinski definition) is 3. The number of nitrogens with one attached hydrogen (secondary N) is 2. The molecular weight excluding hydrogens is 252 g/mol. The molecule has 0 amide bonds. The lowest BCUT2D eigenvalue weighted by Gasteiger charge is -2.41. The summed E-state index contributed by atoms with van der Waals surface area (Å²) in [7, 11) is 0. The highest BCUT2D eigenvalue weighted by Gasteiger charge is 2.42. The average Bonchev–Trinajstić information content (AvgIpc) is 2.91. The molecular formula is C16H20N2O2. The van der Waals surface area contributed by atoms with E-state index in [4.69, 9.17) is 0 Å². The third-order valence-corrected chi connectivity index (χ3v) is 5.41. The Morgan fingerprint density at radius 3 is 3.10 bits per heavy atom. The van der Waals surface area contributed by atoms with Crippen LogP contribution in [-0.2, 0) is 4.79 Å². The molecule has 4 rings (SSSR count). The minimum Gasteiger partial charge on any atom is -0.478 e. The third kappa shape index (κ3) is 1.79. The first-order valence-electron chi connectivity index (χ1n) is 7.57. The maximum absolute atomic E-state index is 11.4. The first-order valence-corrected chi connectivity index (χ1v) is 7.57. The Labute approximate surface area is 118 Å². The zero-order chi connectivity index (χ0) is 13.7. The first kappa shape index (κ1) is 12.4. The Bertz CT molecular complexity index is 547. The van der Waals surface area contributed by atoms with Gasteiger partial charge in [-0.3, -0.25) is 10.9 Å². The second-order valence-corrected chi connectivity index (χ2v) is 6.39. The van der Waals surface area contributed by atoms with Gasteiger partial charge in [-0.05, 0) is 49.0 Å². The predicted octanol–water partition coefficient (Wildman–Crippen LogP) is 1.78. The zero-order valence-electron chi connectivity index (χ0n) is 11.4. The van der Waals surface area contributed by atoms with E-state index in [1.165, 1.54) is 18.4 Å². The maximum atomic E-state index is 11.4. The summed E-state index contributed by atoms with van der Waals surface area (Å²) in [6.07, 6.45) is 10.5. The van der Waals surface area contributed by atoms with E-state index < -0.39 is 5.97 Å². The Balaban J connectivity index is 1.68. The third-order valence-electron chi connectivity index (χ3n) is 5.41. The highest BCUT2D eigenvalue weighted by atomic mass is 16.4. The highest BCUT2D eigenvalue weighted by Crippen LogP contribution is 2.47. The van der Waals surface area contributed by atoms with E-state index in [-0.39, 0.29) is 0 Å². The van der Waals surface area contributed by atoms with Crippen molar-refractivity contribution in [2.75, 3.05) is 6.54 Å². The Morgan fingerprint density at radius 2 is 2.25 bits per heavy atom. The van der Waals surface area contributed by atoms with Gasteiger partial charge in [0.15, 0.2) is 0 Å². The van der Waals surface area contributed by atoms with Crippen molar-refractivity contribution in [2.24, 2.45) is 17.8 Å². The van der Waals surface area contributed by atoms with E-state index >= 15 is 0 Å². The Morgan fingerprint density at radius 1 is 1.35 bits per heavy atom. The molecule has 1 heterocycles. The second-order valence-electron chi connectivity index (χ2n) is 6.39. The van der Waals surface area contributed by atoms with Crippen molar-refractivity contribution in [3.8, 4) is 0 Å². The summed E-state index contributed by atoms with van der Waals surface area (Å²) in [5.74, 6) is 1.05. The van der Waals surface area contributed by atoms with Gasteiger partial charge in [0.1, 0.15) is 0 Å². The molecule has 0 aromatic carbocycles. The van der Waals surface area contributed by atoms with Crippen LogP contribution in [0, 0.1) is 17.8 Å². The number of hydrazine groups is 1. The molecule has 1 aliphatic heterocycles. The molecule has 0 aromatic heterocycles. The fraction of sp³-hybridized carbons (Fsp3) is 0.562. The van der Waals surface area contributed by atoms with Crippen molar-refractivity contribution in [2.45, 2.75) is 31.7 Å². The van der Waals surface area contributed by atoms with Crippen molar-refractivity contribution in [3.05, 3.63) is 34.9 Å². The summed E-state index contributed by atoms with van der Waals surface area (Å²) >= 11 is 0. The molecule has 4 aliphatic rings. The van der Waals surface area contributed by atoms with Crippen LogP contribution in [0.3, 0.4) is 0 Å². The van der Waals surface area contributed by atoms with Crippen molar-refractivity contribution < 1.29 is 9.90 Å². The SMILES string of the molecule is O=C(O)C1=CCCC2=C1C=CC1CC3NNCC3CC21. The average molecular weight is 272 g/mol. The van der Waals surface area contributed by atoms with E-state index in [2.05, 4.69) is 23.0 Å². The number of fused-ring (bicyclic) bond motifs is 3. The normalized spacial score (nSPS) is 38.9. The lowest BCUT2D eigenvalue weighted by molar-refractivity contribution is -0.132. The van der Waals surface area contributed by atoms with Crippen LogP contribution >= 0.6 is 0 Å². The van der Waals surface area contributed by atoms with E-state index in [0.717, 1.165) is 25.0 Å². The number of carboxylic acid groups (broad SMARTS) is 1. The van der Waals surface area contributed by atoms with Crippen LogP contribution in [0.5, 0.6) is 0 Å². The maximum Gasteiger partial charge on any atom is 0.335 e. The van der Waals surface area contributed by atoms with Gasteiger partial charge in [-0.2, -0.15) is 0 Å². The van der Waals surface area contributed by atoms with E-state index in [9.17, 15) is 9.90 Å². The summed E-state index contributed by atoms with van der Waals surface area (Å²) in [4.78, 5) is 11.4. The van der Waals surface area contributed by atoms with Crippen LogP contribution in [0.15, 0.2) is 34.9 Å². The van der Waals surface area contributed by atoms with Gasteiger partial charge in [-0.1, -0.05) is 23.8 Å². The summed E-state index contributed by atoms with van der Waals surface area (Å²) in [5.41, 5.74) is 9.59. The summed E-state index contributed by atoms with van der Waals surface area (Å²) < 4.78 is 0. The standard InChI is InChI=1S/C16H20N2O2/c19-16(20)13-3-1-2-11-12(13)5-4-9-7-15-10(6-14(9)11)8-17-18-15/h3-5,9-10,14-15,17-18H,1-2,6-8H2,(H,19,20). The quantitative estimate of drug-likeness (QED) is 0.681. The van der Waals surface area contributed by atoms with Crippen molar-refractivity contribution in [3.63, 3.8) is 0 Å². The Hall–Kier alpha value is -1.39. The number of aliphatic carboxylic acids is 1. The fourth-order valence-corrected chi connectivity index (χ4v) is 4.45. The molecule has 4 atom stereocenters. The second kappa shape index (κ2) is 4.57. The van der Waals surface area contributed by atoms with Crippen molar-refractivity contribution in [1.29, 1.82) is 0 Å². The molecule has 0 aromatic rings. The Kier molecular flexibility index (Phi) is 2.82. The highest BCUT2D eigenvalue weighted by molar-refractivity contribution is 5.93. The fourth-order valence-electron chi connectivity index (χ4n) is 4.45. The zero-order valence-corrected chi connectivity index (χ0v) is 11.4. The number of allylic oxidation sites excluding steroid dienone is 4. The predicted molar refractivity (Wildman–Crippen MR) is 75.7 cm³/mol. The minimum atomic E-state index is -0.779. The van der Waals surface area contributed by atoms with Crippen LogP contribution in [0.4, 0.5) is 0 Å². The van der Waals surface area contributed by atoms with Gasteiger partial charge in [0, 0.05) is 12.6 Å². The number of carboxylic acids is 1. The molecule has 3 N–H and O–H groups in total. The molecule has 0 bridgehead atoms. The van der Waals surface area contributed by atoms with Crippen LogP contribution < -0.4 is 10.9 Å². The molecule has 106 valence electrons. The number of carbonyl (C=O) groups is 1. The topological polar surface area (TPSA) is 61.4 Å². The van der Waals surface area contributed by atoms with Crippen LogP contribution in [0.25, 0.3) is 0 Å². The van der Waals surface area contributed by atoms with Gasteiger partial charge >= 0.3 is 5.97 Å². The van der Waals surface area contributed by atoms with Gasteiger partial charge in [0.2, 0.25) is 0 Å². The lowest BCUT2D eigenvalue weighted by Crippen LogP contribution is -2.40. The molecule has 0 spiro atoms. The van der Waals surface area contributed by atoms with E-state index in [1.807, 2.05) is 6.08 Å². The largest absolute Gasteiger partial charge is 0.478 e. The molecule has 0 radical (unpaired) electrons. The van der Waals surface area contributed by atoms with Crippen LogP contribution in [0.2, 0.25) is 0 Å². The van der Waals surface area contributed by atoms with Crippen LogP contribution in [0.1, 0.15) is 25.7 Å². The van der Waals surface area contributed by atoms with Gasteiger partial charge in [-0.25, -0.2) is 4.79 Å². The number of hydrogen-bond donors (Lipinski definition) is 3. The molecule has 3 aliphatic carbocycles. The van der Waals surface area contributed by atoms with Crippen LogP contribution in [-0.4, -0.2) is 23.7 Å². The molecule has 2 fully saturated rings. The van der Waals surface area contributed by atoms with Gasteiger partial charge in [0.25, 0.3) is 0 Å².